The Morgan fingerprint density at radius 3 is 2.21 bits per heavy atom. The lowest BCUT2D eigenvalue weighted by atomic mass is 10.0. The van der Waals surface area contributed by atoms with Gasteiger partial charge in [-0.2, -0.15) is 0 Å². The van der Waals surface area contributed by atoms with Gasteiger partial charge < -0.3 is 21.1 Å². The van der Waals surface area contributed by atoms with Crippen molar-refractivity contribution in [1.82, 2.24) is 10.6 Å². The van der Waals surface area contributed by atoms with Crippen LogP contribution in [0.15, 0.2) is 24.3 Å². The average Bonchev–Trinajstić information content (AvgIpc) is 2.53. The van der Waals surface area contributed by atoms with Gasteiger partial charge in [-0.1, -0.05) is 26.0 Å². The Kier molecular flexibility index (Phi) is 10.1. The first-order valence-electron chi connectivity index (χ1n) is 7.77. The summed E-state index contributed by atoms with van der Waals surface area (Å²) in [5.74, 6) is 0.510. The molecule has 0 radical (unpaired) electrons. The summed E-state index contributed by atoms with van der Waals surface area (Å²) < 4.78 is 5.11. The van der Waals surface area contributed by atoms with Gasteiger partial charge in [0.25, 0.3) is 0 Å². The molecule has 1 aromatic carbocycles. The molecule has 0 bridgehead atoms. The second kappa shape index (κ2) is 10.9. The van der Waals surface area contributed by atoms with E-state index in [9.17, 15) is 9.59 Å². The van der Waals surface area contributed by atoms with E-state index in [4.69, 9.17) is 10.5 Å². The highest BCUT2D eigenvalue weighted by Gasteiger charge is 2.23. The molecule has 1 aromatic rings. The predicted octanol–water partition coefficient (Wildman–Crippen LogP) is 1.26. The molecule has 2 amide bonds. The summed E-state index contributed by atoms with van der Waals surface area (Å²) in [4.78, 5) is 24.2. The summed E-state index contributed by atoms with van der Waals surface area (Å²) in [5.41, 5.74) is 6.81. The summed E-state index contributed by atoms with van der Waals surface area (Å²) in [5, 5.41) is 5.32. The van der Waals surface area contributed by atoms with E-state index >= 15 is 0 Å². The molecule has 2 atom stereocenters. The van der Waals surface area contributed by atoms with E-state index in [0.29, 0.717) is 18.8 Å². The monoisotopic (exact) mass is 357 g/mol. The van der Waals surface area contributed by atoms with Gasteiger partial charge in [0.05, 0.1) is 13.2 Å². The minimum absolute atomic E-state index is 0. The van der Waals surface area contributed by atoms with Crippen molar-refractivity contribution >= 4 is 24.2 Å². The van der Waals surface area contributed by atoms with Crippen molar-refractivity contribution in [1.29, 1.82) is 0 Å². The van der Waals surface area contributed by atoms with Gasteiger partial charge in [-0.3, -0.25) is 9.59 Å². The molecule has 136 valence electrons. The Labute approximate surface area is 149 Å². The van der Waals surface area contributed by atoms with Crippen molar-refractivity contribution in [2.24, 2.45) is 11.7 Å². The van der Waals surface area contributed by atoms with Gasteiger partial charge in [0, 0.05) is 13.5 Å². The first kappa shape index (κ1) is 22.2. The molecule has 0 aliphatic heterocycles. The summed E-state index contributed by atoms with van der Waals surface area (Å²) in [7, 11) is 3.14. The molecule has 1 rings (SSSR count). The number of nitrogens with two attached hydrogens (primary N) is 1. The van der Waals surface area contributed by atoms with E-state index in [1.165, 1.54) is 0 Å². The lowest BCUT2D eigenvalue weighted by Crippen LogP contribution is -2.52. The Morgan fingerprint density at radius 2 is 1.75 bits per heavy atom. The number of amides is 2. The third-order valence-electron chi connectivity index (χ3n) is 3.54. The molecular weight excluding hydrogens is 330 g/mol. The SMILES string of the molecule is CNC(=O)[C@H](Cc1ccc(OC)cc1)NC(=O)[C@@H](N)CC(C)C.Cl. The fourth-order valence-electron chi connectivity index (χ4n) is 2.27. The number of methoxy groups -OCH3 is 1. The zero-order chi connectivity index (χ0) is 17.4. The first-order valence-corrected chi connectivity index (χ1v) is 7.77. The first-order chi connectivity index (χ1) is 10.9. The standard InChI is InChI=1S/C17H27N3O3.ClH/c1-11(2)9-14(18)16(21)20-15(17(22)19-3)10-12-5-7-13(23-4)8-6-12;/h5-8,11,14-15H,9-10,18H2,1-4H3,(H,19,22)(H,20,21);1H/t14-,15-;/m0./s1. The zero-order valence-corrected chi connectivity index (χ0v) is 15.5. The Morgan fingerprint density at radius 1 is 1.17 bits per heavy atom. The summed E-state index contributed by atoms with van der Waals surface area (Å²) >= 11 is 0. The number of carbonyl (C=O) groups excluding carboxylic acids is 2. The maximum absolute atomic E-state index is 12.2. The smallest absolute Gasteiger partial charge is 0.242 e. The lowest BCUT2D eigenvalue weighted by molar-refractivity contribution is -0.129. The molecule has 0 unspecified atom stereocenters. The second-order valence-electron chi connectivity index (χ2n) is 5.96. The number of rotatable bonds is 8. The van der Waals surface area contributed by atoms with Crippen molar-refractivity contribution in [2.45, 2.75) is 38.8 Å². The van der Waals surface area contributed by atoms with Gasteiger partial charge in [0.2, 0.25) is 11.8 Å². The van der Waals surface area contributed by atoms with Gasteiger partial charge in [-0.25, -0.2) is 0 Å². The van der Waals surface area contributed by atoms with Crippen LogP contribution in [-0.4, -0.2) is 38.1 Å². The molecule has 0 spiro atoms. The number of nitrogens with one attached hydrogen (secondary N) is 2. The molecule has 0 saturated carbocycles. The fraction of sp³-hybridized carbons (Fsp3) is 0.529. The van der Waals surface area contributed by atoms with Crippen LogP contribution in [0.3, 0.4) is 0 Å². The number of benzene rings is 1. The highest BCUT2D eigenvalue weighted by Crippen LogP contribution is 2.13. The van der Waals surface area contributed by atoms with Crippen LogP contribution in [0.5, 0.6) is 5.75 Å². The van der Waals surface area contributed by atoms with Crippen molar-refractivity contribution in [3.63, 3.8) is 0 Å². The van der Waals surface area contributed by atoms with E-state index in [2.05, 4.69) is 10.6 Å². The normalized spacial score (nSPS) is 12.8. The summed E-state index contributed by atoms with van der Waals surface area (Å²) in [6.07, 6.45) is 0.971. The van der Waals surface area contributed by atoms with Gasteiger partial charge in [0.15, 0.2) is 0 Å². The fourth-order valence-corrected chi connectivity index (χ4v) is 2.27. The molecule has 0 aromatic heterocycles. The van der Waals surface area contributed by atoms with E-state index in [1.54, 1.807) is 14.2 Å². The topological polar surface area (TPSA) is 93.5 Å². The minimum Gasteiger partial charge on any atom is -0.497 e. The number of likely N-dealkylation sites (N-methyl/N-ethyl adjacent to an activating group) is 1. The van der Waals surface area contributed by atoms with Crippen LogP contribution < -0.4 is 21.1 Å². The van der Waals surface area contributed by atoms with Crippen molar-refractivity contribution in [3.05, 3.63) is 29.8 Å². The Hall–Kier alpha value is -1.79. The number of carbonyl (C=O) groups is 2. The Bertz CT molecular complexity index is 520. The molecule has 24 heavy (non-hydrogen) atoms. The van der Waals surface area contributed by atoms with Crippen LogP contribution in [0, 0.1) is 5.92 Å². The van der Waals surface area contributed by atoms with Crippen LogP contribution in [-0.2, 0) is 16.0 Å². The van der Waals surface area contributed by atoms with Crippen LogP contribution in [0.2, 0.25) is 0 Å². The quantitative estimate of drug-likeness (QED) is 0.653. The van der Waals surface area contributed by atoms with Crippen LogP contribution in [0.25, 0.3) is 0 Å². The number of hydrogen-bond acceptors (Lipinski definition) is 4. The highest BCUT2D eigenvalue weighted by molar-refractivity contribution is 5.89. The molecule has 7 heteroatoms. The number of ether oxygens (including phenoxy) is 1. The molecule has 0 saturated heterocycles. The largest absolute Gasteiger partial charge is 0.497 e. The van der Waals surface area contributed by atoms with E-state index in [-0.39, 0.29) is 24.2 Å². The maximum Gasteiger partial charge on any atom is 0.242 e. The van der Waals surface area contributed by atoms with Gasteiger partial charge >= 0.3 is 0 Å². The van der Waals surface area contributed by atoms with Gasteiger partial charge in [-0.05, 0) is 30.0 Å². The minimum atomic E-state index is -0.654. The van der Waals surface area contributed by atoms with Crippen LogP contribution in [0.4, 0.5) is 0 Å². The highest BCUT2D eigenvalue weighted by atomic mass is 35.5. The van der Waals surface area contributed by atoms with E-state index in [1.807, 2.05) is 38.1 Å². The maximum atomic E-state index is 12.2. The van der Waals surface area contributed by atoms with Gasteiger partial charge in [-0.15, -0.1) is 12.4 Å². The van der Waals surface area contributed by atoms with Crippen molar-refractivity contribution < 1.29 is 14.3 Å². The summed E-state index contributed by atoms with van der Waals surface area (Å²) in [6.45, 7) is 4.00. The zero-order valence-electron chi connectivity index (χ0n) is 14.7. The number of halogens is 1. The Balaban J connectivity index is 0.00000529. The van der Waals surface area contributed by atoms with E-state index < -0.39 is 12.1 Å². The average molecular weight is 358 g/mol. The lowest BCUT2D eigenvalue weighted by Gasteiger charge is -2.21. The summed E-state index contributed by atoms with van der Waals surface area (Å²) in [6, 6.07) is 6.12. The third-order valence-corrected chi connectivity index (χ3v) is 3.54. The molecule has 0 fully saturated rings. The molecule has 6 nitrogen and oxygen atoms in total. The third kappa shape index (κ3) is 7.19. The molecule has 0 aliphatic rings. The van der Waals surface area contributed by atoms with Crippen LogP contribution >= 0.6 is 12.4 Å². The molecule has 0 heterocycles. The molecular formula is C17H28ClN3O3. The number of hydrogen-bond donors (Lipinski definition) is 3. The second-order valence-corrected chi connectivity index (χ2v) is 5.96. The van der Waals surface area contributed by atoms with Crippen LogP contribution in [0.1, 0.15) is 25.8 Å². The predicted molar refractivity (Wildman–Crippen MR) is 97.4 cm³/mol. The van der Waals surface area contributed by atoms with Crippen molar-refractivity contribution in [2.75, 3.05) is 14.2 Å². The van der Waals surface area contributed by atoms with Gasteiger partial charge in [0.1, 0.15) is 11.8 Å². The van der Waals surface area contributed by atoms with E-state index in [0.717, 1.165) is 11.3 Å². The molecule has 0 aliphatic carbocycles. The van der Waals surface area contributed by atoms with Crippen molar-refractivity contribution in [3.8, 4) is 5.75 Å². The molecule has 4 N–H and O–H groups in total.